The van der Waals surface area contributed by atoms with Crippen molar-refractivity contribution in [3.63, 3.8) is 0 Å². The van der Waals surface area contributed by atoms with E-state index in [2.05, 4.69) is 26.0 Å². The molecule has 0 heterocycles. The summed E-state index contributed by atoms with van der Waals surface area (Å²) in [6, 6.07) is 16.0. The zero-order chi connectivity index (χ0) is 25.3. The molecular formula is C31H46O4. The Balaban J connectivity index is 1.74. The van der Waals surface area contributed by atoms with Crippen LogP contribution in [0.2, 0.25) is 0 Å². The Morgan fingerprint density at radius 3 is 1.80 bits per heavy atom. The Morgan fingerprint density at radius 2 is 1.20 bits per heavy atom. The maximum absolute atomic E-state index is 12.4. The molecule has 0 radical (unpaired) electrons. The average Bonchev–Trinajstić information content (AvgIpc) is 2.87. The summed E-state index contributed by atoms with van der Waals surface area (Å²) in [4.78, 5) is 12.4. The summed E-state index contributed by atoms with van der Waals surface area (Å²) in [6.07, 6.45) is 12.5. The first-order valence-corrected chi connectivity index (χ1v) is 13.7. The van der Waals surface area contributed by atoms with Crippen LogP contribution in [-0.4, -0.2) is 24.8 Å². The Kier molecular flexibility index (Phi) is 14.0. The smallest absolute Gasteiger partial charge is 0.347 e. The van der Waals surface area contributed by atoms with E-state index >= 15 is 0 Å². The minimum Gasteiger partial charge on any atom is -0.494 e. The molecule has 0 aromatic heterocycles. The molecule has 0 aliphatic heterocycles. The molecule has 0 amide bonds. The second kappa shape index (κ2) is 17.0. The van der Waals surface area contributed by atoms with Crippen LogP contribution in [0.5, 0.6) is 11.5 Å². The summed E-state index contributed by atoms with van der Waals surface area (Å²) in [5, 5.41) is 0. The Bertz CT molecular complexity index is 813. The maximum Gasteiger partial charge on any atom is 0.347 e. The fourth-order valence-electron chi connectivity index (χ4n) is 4.01. The SMILES string of the molecule is CCCCCCCCOc1ccc(-c2ccc(O[C@@H](C)C(=O)O[C@@H](C)CCCCCC)cc2)cc1. The third-order valence-corrected chi connectivity index (χ3v) is 6.23. The van der Waals surface area contributed by atoms with Crippen LogP contribution in [0, 0.1) is 0 Å². The first kappa shape index (κ1) is 28.7. The van der Waals surface area contributed by atoms with Crippen molar-refractivity contribution in [3.05, 3.63) is 48.5 Å². The van der Waals surface area contributed by atoms with Gasteiger partial charge in [-0.2, -0.15) is 0 Å². The van der Waals surface area contributed by atoms with Gasteiger partial charge < -0.3 is 14.2 Å². The quantitative estimate of drug-likeness (QED) is 0.157. The highest BCUT2D eigenvalue weighted by molar-refractivity contribution is 5.75. The van der Waals surface area contributed by atoms with Crippen LogP contribution in [0.1, 0.15) is 98.3 Å². The van der Waals surface area contributed by atoms with Crippen molar-refractivity contribution in [2.24, 2.45) is 0 Å². The van der Waals surface area contributed by atoms with Gasteiger partial charge in [0.05, 0.1) is 12.7 Å². The van der Waals surface area contributed by atoms with E-state index < -0.39 is 6.10 Å². The number of benzene rings is 2. The number of carbonyl (C=O) groups is 1. The average molecular weight is 483 g/mol. The molecule has 0 fully saturated rings. The van der Waals surface area contributed by atoms with E-state index in [9.17, 15) is 4.79 Å². The van der Waals surface area contributed by atoms with Crippen LogP contribution >= 0.6 is 0 Å². The van der Waals surface area contributed by atoms with Gasteiger partial charge in [0.25, 0.3) is 0 Å². The summed E-state index contributed by atoms with van der Waals surface area (Å²) in [7, 11) is 0. The molecule has 4 heteroatoms. The molecule has 2 atom stereocenters. The predicted molar refractivity (Wildman–Crippen MR) is 145 cm³/mol. The summed E-state index contributed by atoms with van der Waals surface area (Å²) in [5.74, 6) is 1.26. The highest BCUT2D eigenvalue weighted by Crippen LogP contribution is 2.25. The van der Waals surface area contributed by atoms with E-state index in [-0.39, 0.29) is 12.1 Å². The number of hydrogen-bond acceptors (Lipinski definition) is 4. The Morgan fingerprint density at radius 1 is 0.686 bits per heavy atom. The van der Waals surface area contributed by atoms with E-state index in [1.54, 1.807) is 6.92 Å². The molecule has 0 unspecified atom stereocenters. The van der Waals surface area contributed by atoms with Crippen LogP contribution in [0.3, 0.4) is 0 Å². The number of ether oxygens (including phenoxy) is 3. The zero-order valence-corrected chi connectivity index (χ0v) is 22.4. The molecule has 0 saturated carbocycles. The molecule has 0 N–H and O–H groups in total. The number of esters is 1. The molecule has 194 valence electrons. The molecule has 2 rings (SSSR count). The number of hydrogen-bond donors (Lipinski definition) is 0. The summed E-state index contributed by atoms with van der Waals surface area (Å²) in [6.45, 7) is 8.90. The van der Waals surface area contributed by atoms with Crippen molar-refractivity contribution in [2.75, 3.05) is 6.61 Å². The first-order valence-electron chi connectivity index (χ1n) is 13.7. The number of rotatable bonds is 18. The van der Waals surface area contributed by atoms with Crippen molar-refractivity contribution in [2.45, 2.75) is 111 Å². The second-order valence-corrected chi connectivity index (χ2v) is 9.52. The van der Waals surface area contributed by atoms with Crippen molar-refractivity contribution in [1.29, 1.82) is 0 Å². The highest BCUT2D eigenvalue weighted by Gasteiger charge is 2.19. The van der Waals surface area contributed by atoms with Gasteiger partial charge in [0.2, 0.25) is 0 Å². The Hall–Kier alpha value is -2.49. The van der Waals surface area contributed by atoms with Crippen molar-refractivity contribution in [1.82, 2.24) is 0 Å². The monoisotopic (exact) mass is 482 g/mol. The maximum atomic E-state index is 12.4. The van der Waals surface area contributed by atoms with Crippen molar-refractivity contribution >= 4 is 5.97 Å². The first-order chi connectivity index (χ1) is 17.0. The molecule has 0 saturated heterocycles. The lowest BCUT2D eigenvalue weighted by atomic mass is 10.1. The van der Waals surface area contributed by atoms with Crippen LogP contribution in [0.25, 0.3) is 11.1 Å². The topological polar surface area (TPSA) is 44.8 Å². The summed E-state index contributed by atoms with van der Waals surface area (Å²) in [5.41, 5.74) is 2.21. The molecule has 0 bridgehead atoms. The van der Waals surface area contributed by atoms with Gasteiger partial charge in [-0.1, -0.05) is 89.5 Å². The summed E-state index contributed by atoms with van der Waals surface area (Å²) >= 11 is 0. The van der Waals surface area contributed by atoms with Gasteiger partial charge in [0, 0.05) is 0 Å². The minimum atomic E-state index is -0.637. The van der Waals surface area contributed by atoms with Gasteiger partial charge >= 0.3 is 5.97 Å². The van der Waals surface area contributed by atoms with Gasteiger partial charge in [0.1, 0.15) is 11.5 Å². The van der Waals surface area contributed by atoms with Gasteiger partial charge in [-0.25, -0.2) is 4.79 Å². The van der Waals surface area contributed by atoms with Gasteiger partial charge in [-0.05, 0) is 68.5 Å². The lowest BCUT2D eigenvalue weighted by molar-refractivity contribution is -0.156. The molecule has 0 spiro atoms. The molecule has 35 heavy (non-hydrogen) atoms. The standard InChI is InChI=1S/C31H46O4/c1-5-7-9-11-12-14-24-33-29-20-16-27(17-21-29)28-18-22-30(23-19-28)35-26(4)31(32)34-25(3)15-13-10-8-6-2/h16-23,25-26H,5-15,24H2,1-4H3/t25-,26-/m0/s1. The van der Waals surface area contributed by atoms with Crippen molar-refractivity contribution in [3.8, 4) is 22.6 Å². The predicted octanol–water partition coefficient (Wildman–Crippen LogP) is 8.76. The summed E-state index contributed by atoms with van der Waals surface area (Å²) < 4.78 is 17.3. The Labute approximate surface area is 213 Å². The molecule has 0 aliphatic rings. The lowest BCUT2D eigenvalue weighted by Crippen LogP contribution is -2.29. The highest BCUT2D eigenvalue weighted by atomic mass is 16.6. The third kappa shape index (κ3) is 11.7. The van der Waals surface area contributed by atoms with Gasteiger partial charge in [0.15, 0.2) is 6.10 Å². The van der Waals surface area contributed by atoms with Gasteiger partial charge in [-0.3, -0.25) is 0 Å². The van der Waals surface area contributed by atoms with E-state index in [1.165, 1.54) is 51.4 Å². The molecule has 2 aromatic carbocycles. The zero-order valence-electron chi connectivity index (χ0n) is 22.4. The van der Waals surface area contributed by atoms with Crippen LogP contribution < -0.4 is 9.47 Å². The van der Waals surface area contributed by atoms with E-state index in [0.29, 0.717) is 5.75 Å². The molecule has 2 aromatic rings. The van der Waals surface area contributed by atoms with E-state index in [0.717, 1.165) is 42.7 Å². The largest absolute Gasteiger partial charge is 0.494 e. The van der Waals surface area contributed by atoms with Gasteiger partial charge in [-0.15, -0.1) is 0 Å². The molecular weight excluding hydrogens is 436 g/mol. The van der Waals surface area contributed by atoms with E-state index in [1.807, 2.05) is 43.3 Å². The number of unbranched alkanes of at least 4 members (excludes halogenated alkanes) is 8. The molecule has 4 nitrogen and oxygen atoms in total. The van der Waals surface area contributed by atoms with Crippen LogP contribution in [0.4, 0.5) is 0 Å². The number of carbonyl (C=O) groups excluding carboxylic acids is 1. The fourth-order valence-corrected chi connectivity index (χ4v) is 4.01. The normalized spacial score (nSPS) is 12.7. The second-order valence-electron chi connectivity index (χ2n) is 9.52. The molecule has 0 aliphatic carbocycles. The lowest BCUT2D eigenvalue weighted by Gasteiger charge is -2.18. The van der Waals surface area contributed by atoms with Crippen molar-refractivity contribution < 1.29 is 19.0 Å². The fraction of sp³-hybridized carbons (Fsp3) is 0.581. The van der Waals surface area contributed by atoms with Crippen LogP contribution in [-0.2, 0) is 9.53 Å². The van der Waals surface area contributed by atoms with E-state index in [4.69, 9.17) is 14.2 Å². The third-order valence-electron chi connectivity index (χ3n) is 6.23. The minimum absolute atomic E-state index is 0.0782. The van der Waals surface area contributed by atoms with Crippen LogP contribution in [0.15, 0.2) is 48.5 Å².